The Hall–Kier alpha value is -3.39. The van der Waals surface area contributed by atoms with Gasteiger partial charge in [-0.05, 0) is 43.7 Å². The molecule has 3 heterocycles. The topological polar surface area (TPSA) is 105 Å². The third-order valence-corrected chi connectivity index (χ3v) is 5.15. The van der Waals surface area contributed by atoms with E-state index < -0.39 is 6.04 Å². The first-order chi connectivity index (χ1) is 14.6. The first-order valence-corrected chi connectivity index (χ1v) is 9.83. The lowest BCUT2D eigenvalue weighted by atomic mass is 10.1. The highest BCUT2D eigenvalue weighted by Crippen LogP contribution is 2.29. The molecule has 8 heteroatoms. The van der Waals surface area contributed by atoms with Gasteiger partial charge in [-0.25, -0.2) is 0 Å². The lowest BCUT2D eigenvalue weighted by Crippen LogP contribution is -2.42. The average molecular weight is 409 g/mol. The molecule has 2 aromatic heterocycles. The number of rotatable bonds is 7. The van der Waals surface area contributed by atoms with E-state index in [0.717, 1.165) is 5.69 Å². The number of aryl methyl sites for hydroxylation is 1. The van der Waals surface area contributed by atoms with Crippen molar-refractivity contribution in [3.8, 4) is 5.75 Å². The molecule has 1 aliphatic heterocycles. The minimum Gasteiger partial charge on any atom is -0.487 e. The molecule has 8 nitrogen and oxygen atoms in total. The van der Waals surface area contributed by atoms with Crippen molar-refractivity contribution < 1.29 is 23.8 Å². The van der Waals surface area contributed by atoms with E-state index in [1.54, 1.807) is 36.2 Å². The smallest absolute Gasteiger partial charge is 0.256 e. The van der Waals surface area contributed by atoms with Crippen LogP contribution in [-0.4, -0.2) is 52.5 Å². The van der Waals surface area contributed by atoms with Gasteiger partial charge in [-0.15, -0.1) is 0 Å². The fraction of sp³-hybridized carbons (Fsp3) is 0.318. The second-order valence-corrected chi connectivity index (χ2v) is 7.16. The van der Waals surface area contributed by atoms with Gasteiger partial charge in [0.25, 0.3) is 5.91 Å². The quantitative estimate of drug-likeness (QED) is 0.619. The van der Waals surface area contributed by atoms with Gasteiger partial charge < -0.3 is 24.5 Å². The predicted octanol–water partition coefficient (Wildman–Crippen LogP) is 2.04. The SMILES string of the molecule is Cc1oc2ccc(OCc3ccccn3)cc2c1C(=O)NC1CCN(CCO)C1=O. The van der Waals surface area contributed by atoms with Crippen LogP contribution >= 0.6 is 0 Å². The van der Waals surface area contributed by atoms with E-state index in [4.69, 9.17) is 14.3 Å². The number of carbonyl (C=O) groups excluding carboxylic acids is 2. The number of hydrogen-bond acceptors (Lipinski definition) is 6. The number of furan rings is 1. The Morgan fingerprint density at radius 3 is 3.00 bits per heavy atom. The molecule has 1 unspecified atom stereocenters. The van der Waals surface area contributed by atoms with Crippen LogP contribution in [0.15, 0.2) is 47.0 Å². The number of nitrogens with one attached hydrogen (secondary N) is 1. The molecule has 2 N–H and O–H groups in total. The maximum Gasteiger partial charge on any atom is 0.256 e. The van der Waals surface area contributed by atoms with E-state index in [0.29, 0.717) is 47.6 Å². The number of nitrogens with zero attached hydrogens (tertiary/aromatic N) is 2. The third kappa shape index (κ3) is 3.99. The number of likely N-dealkylation sites (tertiary alicyclic amines) is 1. The maximum absolute atomic E-state index is 13.0. The number of aliphatic hydroxyl groups excluding tert-OH is 1. The molecule has 0 bridgehead atoms. The van der Waals surface area contributed by atoms with Crippen LogP contribution in [0.4, 0.5) is 0 Å². The fourth-order valence-corrected chi connectivity index (χ4v) is 3.66. The van der Waals surface area contributed by atoms with Gasteiger partial charge in [-0.1, -0.05) is 6.07 Å². The summed E-state index contributed by atoms with van der Waals surface area (Å²) in [5.41, 5.74) is 1.76. The van der Waals surface area contributed by atoms with Gasteiger partial charge in [-0.3, -0.25) is 14.6 Å². The Bertz CT molecular complexity index is 1060. The molecule has 156 valence electrons. The van der Waals surface area contributed by atoms with Crippen LogP contribution in [0.2, 0.25) is 0 Å². The number of carbonyl (C=O) groups is 2. The summed E-state index contributed by atoms with van der Waals surface area (Å²) in [6, 6.07) is 10.3. The van der Waals surface area contributed by atoms with Crippen LogP contribution in [0.5, 0.6) is 5.75 Å². The molecule has 2 amide bonds. The summed E-state index contributed by atoms with van der Waals surface area (Å²) >= 11 is 0. The van der Waals surface area contributed by atoms with E-state index in [-0.39, 0.29) is 25.0 Å². The Kier molecular flexibility index (Phi) is 5.67. The number of benzene rings is 1. The van der Waals surface area contributed by atoms with Crippen LogP contribution < -0.4 is 10.1 Å². The van der Waals surface area contributed by atoms with Crippen molar-refractivity contribution >= 4 is 22.8 Å². The van der Waals surface area contributed by atoms with Gasteiger partial charge in [0, 0.05) is 24.7 Å². The molecule has 0 radical (unpaired) electrons. The Balaban J connectivity index is 1.52. The summed E-state index contributed by atoms with van der Waals surface area (Å²) < 4.78 is 11.5. The molecule has 1 fully saturated rings. The van der Waals surface area contributed by atoms with E-state index in [9.17, 15) is 9.59 Å². The number of ether oxygens (including phenoxy) is 1. The van der Waals surface area contributed by atoms with Crippen molar-refractivity contribution in [2.45, 2.75) is 26.0 Å². The first-order valence-electron chi connectivity index (χ1n) is 9.83. The number of amides is 2. The van der Waals surface area contributed by atoms with Crippen LogP contribution in [0.25, 0.3) is 11.0 Å². The number of hydrogen-bond donors (Lipinski definition) is 2. The lowest BCUT2D eigenvalue weighted by molar-refractivity contribution is -0.129. The van der Waals surface area contributed by atoms with Crippen molar-refractivity contribution in [2.75, 3.05) is 19.7 Å². The Labute approximate surface area is 173 Å². The average Bonchev–Trinajstić information content (AvgIpc) is 3.26. The van der Waals surface area contributed by atoms with Crippen LogP contribution in [-0.2, 0) is 11.4 Å². The Morgan fingerprint density at radius 1 is 1.37 bits per heavy atom. The summed E-state index contributed by atoms with van der Waals surface area (Å²) in [7, 11) is 0. The van der Waals surface area contributed by atoms with Gasteiger partial charge in [0.05, 0.1) is 17.9 Å². The monoisotopic (exact) mass is 409 g/mol. The molecule has 4 rings (SSSR count). The maximum atomic E-state index is 13.0. The highest BCUT2D eigenvalue weighted by Gasteiger charge is 2.33. The summed E-state index contributed by atoms with van der Waals surface area (Å²) in [6.45, 7) is 2.72. The van der Waals surface area contributed by atoms with Crippen LogP contribution in [0.3, 0.4) is 0 Å². The molecule has 1 aliphatic rings. The van der Waals surface area contributed by atoms with E-state index in [2.05, 4.69) is 10.3 Å². The predicted molar refractivity (Wildman–Crippen MR) is 109 cm³/mol. The molecule has 1 atom stereocenters. The van der Waals surface area contributed by atoms with Gasteiger partial charge >= 0.3 is 0 Å². The molecule has 3 aromatic rings. The normalized spacial score (nSPS) is 16.3. The number of pyridine rings is 1. The molecule has 1 aromatic carbocycles. The molecule has 0 aliphatic carbocycles. The summed E-state index contributed by atoms with van der Waals surface area (Å²) in [5, 5.41) is 12.5. The number of aliphatic hydroxyl groups is 1. The zero-order chi connectivity index (χ0) is 21.1. The van der Waals surface area contributed by atoms with E-state index >= 15 is 0 Å². The van der Waals surface area contributed by atoms with Crippen molar-refractivity contribution in [2.24, 2.45) is 0 Å². The largest absolute Gasteiger partial charge is 0.487 e. The van der Waals surface area contributed by atoms with Crippen molar-refractivity contribution in [1.82, 2.24) is 15.2 Å². The van der Waals surface area contributed by atoms with Crippen molar-refractivity contribution in [3.63, 3.8) is 0 Å². The van der Waals surface area contributed by atoms with E-state index in [1.807, 2.05) is 18.2 Å². The standard InChI is InChI=1S/C22H23N3O5/c1-14-20(21(27)24-18-7-9-25(10-11-26)22(18)28)17-12-16(5-6-19(17)30-14)29-13-15-4-2-3-8-23-15/h2-6,8,12,18,26H,7,9-11,13H2,1H3,(H,24,27). The summed E-state index contributed by atoms with van der Waals surface area (Å²) in [4.78, 5) is 31.1. The van der Waals surface area contributed by atoms with E-state index in [1.165, 1.54) is 0 Å². The van der Waals surface area contributed by atoms with Gasteiger partial charge in [0.15, 0.2) is 0 Å². The lowest BCUT2D eigenvalue weighted by Gasteiger charge is -2.15. The number of aromatic nitrogens is 1. The second-order valence-electron chi connectivity index (χ2n) is 7.16. The van der Waals surface area contributed by atoms with Crippen LogP contribution in [0, 0.1) is 6.92 Å². The highest BCUT2D eigenvalue weighted by molar-refractivity contribution is 6.08. The van der Waals surface area contributed by atoms with Gasteiger partial charge in [0.2, 0.25) is 5.91 Å². The minimum atomic E-state index is -0.600. The summed E-state index contributed by atoms with van der Waals surface area (Å²) in [5.74, 6) is 0.524. The Morgan fingerprint density at radius 2 is 2.23 bits per heavy atom. The zero-order valence-corrected chi connectivity index (χ0v) is 16.6. The van der Waals surface area contributed by atoms with Crippen molar-refractivity contribution in [3.05, 3.63) is 59.6 Å². The number of fused-ring (bicyclic) bond motifs is 1. The molecule has 1 saturated heterocycles. The molecular formula is C22H23N3O5. The fourth-order valence-electron chi connectivity index (χ4n) is 3.66. The zero-order valence-electron chi connectivity index (χ0n) is 16.6. The minimum absolute atomic E-state index is 0.0981. The molecule has 0 spiro atoms. The second kappa shape index (κ2) is 8.54. The first kappa shape index (κ1) is 19.9. The van der Waals surface area contributed by atoms with Gasteiger partial charge in [-0.2, -0.15) is 0 Å². The summed E-state index contributed by atoms with van der Waals surface area (Å²) in [6.07, 6.45) is 2.22. The molecule has 0 saturated carbocycles. The van der Waals surface area contributed by atoms with Crippen LogP contribution in [0.1, 0.15) is 28.2 Å². The van der Waals surface area contributed by atoms with Gasteiger partial charge in [0.1, 0.15) is 29.7 Å². The highest BCUT2D eigenvalue weighted by atomic mass is 16.5. The van der Waals surface area contributed by atoms with Crippen molar-refractivity contribution in [1.29, 1.82) is 0 Å². The molecule has 30 heavy (non-hydrogen) atoms. The number of β-amino-alcohol motifs (C(OH)–C–C–N with tert-alkyl or cyclic N) is 1. The third-order valence-electron chi connectivity index (χ3n) is 5.15. The molecular weight excluding hydrogens is 386 g/mol.